The fraction of sp³-hybridized carbons (Fsp3) is 0.556. The highest BCUT2D eigenvalue weighted by molar-refractivity contribution is 5.87. The van der Waals surface area contributed by atoms with Crippen LogP contribution in [0.1, 0.15) is 12.8 Å². The maximum absolute atomic E-state index is 11.4. The number of aliphatic carboxylic acids is 1. The normalized spacial score (nSPS) is 11.1. The molecule has 8 heteroatoms. The Morgan fingerprint density at radius 3 is 2.53 bits per heavy atom. The molecular weight excluding hydrogens is 228 g/mol. The van der Waals surface area contributed by atoms with E-state index in [1.165, 1.54) is 7.05 Å². The standard InChI is InChI=1S/C9H14N4O4/c1-13(4-2-3-10)9(17)12-6(8(15)16)5-7(11)14/h6H,2,4-5H2,1H3,(H2,11,14)(H,12,17)(H,15,16)/t6-/m1/s1. The Bertz CT molecular complexity index is 349. The molecule has 1 atom stereocenters. The number of hydrogen-bond acceptors (Lipinski definition) is 4. The van der Waals surface area contributed by atoms with Gasteiger partial charge < -0.3 is 21.1 Å². The van der Waals surface area contributed by atoms with Crippen molar-refractivity contribution in [2.75, 3.05) is 13.6 Å². The molecule has 0 radical (unpaired) electrons. The highest BCUT2D eigenvalue weighted by atomic mass is 16.4. The minimum Gasteiger partial charge on any atom is -0.480 e. The number of primary amides is 1. The predicted molar refractivity (Wildman–Crippen MR) is 56.6 cm³/mol. The lowest BCUT2D eigenvalue weighted by atomic mass is 10.2. The monoisotopic (exact) mass is 242 g/mol. The van der Waals surface area contributed by atoms with Crippen molar-refractivity contribution in [3.63, 3.8) is 0 Å². The second-order valence-electron chi connectivity index (χ2n) is 3.34. The van der Waals surface area contributed by atoms with E-state index in [-0.39, 0.29) is 13.0 Å². The van der Waals surface area contributed by atoms with Gasteiger partial charge in [0, 0.05) is 13.6 Å². The summed E-state index contributed by atoms with van der Waals surface area (Å²) in [6.07, 6.45) is -0.343. The van der Waals surface area contributed by atoms with Gasteiger partial charge >= 0.3 is 12.0 Å². The lowest BCUT2D eigenvalue weighted by Crippen LogP contribution is -2.48. The lowest BCUT2D eigenvalue weighted by Gasteiger charge is -2.19. The summed E-state index contributed by atoms with van der Waals surface area (Å²) in [6, 6.07) is -0.180. The number of hydrogen-bond donors (Lipinski definition) is 3. The Morgan fingerprint density at radius 1 is 1.53 bits per heavy atom. The Morgan fingerprint density at radius 2 is 2.12 bits per heavy atom. The lowest BCUT2D eigenvalue weighted by molar-refractivity contribution is -0.140. The van der Waals surface area contributed by atoms with Gasteiger partial charge in [0.05, 0.1) is 18.9 Å². The first-order chi connectivity index (χ1) is 7.88. The van der Waals surface area contributed by atoms with Crippen LogP contribution < -0.4 is 11.1 Å². The minimum absolute atomic E-state index is 0.136. The molecule has 0 saturated carbocycles. The Balaban J connectivity index is 4.35. The molecule has 0 aliphatic heterocycles. The largest absolute Gasteiger partial charge is 0.480 e. The fourth-order valence-electron chi connectivity index (χ4n) is 0.980. The summed E-state index contributed by atoms with van der Waals surface area (Å²) in [5, 5.41) is 19.2. The minimum atomic E-state index is -1.36. The summed E-state index contributed by atoms with van der Waals surface area (Å²) in [5.41, 5.74) is 4.85. The van der Waals surface area contributed by atoms with E-state index in [0.717, 1.165) is 4.90 Å². The van der Waals surface area contributed by atoms with E-state index < -0.39 is 30.4 Å². The van der Waals surface area contributed by atoms with E-state index in [4.69, 9.17) is 16.1 Å². The van der Waals surface area contributed by atoms with Crippen LogP contribution in [0.15, 0.2) is 0 Å². The summed E-state index contributed by atoms with van der Waals surface area (Å²) in [7, 11) is 1.41. The fourth-order valence-corrected chi connectivity index (χ4v) is 0.980. The van der Waals surface area contributed by atoms with Crippen molar-refractivity contribution in [1.82, 2.24) is 10.2 Å². The molecule has 0 aliphatic rings. The van der Waals surface area contributed by atoms with Crippen LogP contribution in [0.2, 0.25) is 0 Å². The van der Waals surface area contributed by atoms with Gasteiger partial charge in [-0.3, -0.25) is 4.79 Å². The first-order valence-corrected chi connectivity index (χ1v) is 4.78. The molecular formula is C9H14N4O4. The van der Waals surface area contributed by atoms with Gasteiger partial charge in [0.2, 0.25) is 5.91 Å². The maximum Gasteiger partial charge on any atom is 0.326 e. The van der Waals surface area contributed by atoms with Gasteiger partial charge in [0.15, 0.2) is 0 Å². The van der Waals surface area contributed by atoms with Gasteiger partial charge in [-0.25, -0.2) is 9.59 Å². The van der Waals surface area contributed by atoms with E-state index in [2.05, 4.69) is 5.32 Å². The Kier molecular flexibility index (Phi) is 6.10. The highest BCUT2D eigenvalue weighted by Crippen LogP contribution is 1.95. The average Bonchev–Trinajstić information content (AvgIpc) is 2.23. The number of carbonyl (C=O) groups excluding carboxylic acids is 2. The van der Waals surface area contributed by atoms with Crippen molar-refractivity contribution >= 4 is 17.9 Å². The van der Waals surface area contributed by atoms with Crippen LogP contribution in [0.5, 0.6) is 0 Å². The first-order valence-electron chi connectivity index (χ1n) is 4.78. The van der Waals surface area contributed by atoms with Gasteiger partial charge in [0.25, 0.3) is 0 Å². The molecule has 0 spiro atoms. The molecule has 0 aliphatic carbocycles. The number of carboxylic acids is 1. The van der Waals surface area contributed by atoms with Gasteiger partial charge in [-0.05, 0) is 0 Å². The molecule has 4 N–H and O–H groups in total. The second kappa shape index (κ2) is 7.05. The van der Waals surface area contributed by atoms with Gasteiger partial charge in [-0.15, -0.1) is 0 Å². The van der Waals surface area contributed by atoms with Gasteiger partial charge in [-0.2, -0.15) is 5.26 Å². The summed E-state index contributed by atoms with van der Waals surface area (Å²) in [6.45, 7) is 0.172. The maximum atomic E-state index is 11.4. The zero-order valence-electron chi connectivity index (χ0n) is 9.34. The molecule has 0 bridgehead atoms. The van der Waals surface area contributed by atoms with Crippen LogP contribution in [0.4, 0.5) is 4.79 Å². The average molecular weight is 242 g/mol. The number of carbonyl (C=O) groups is 3. The number of nitrogens with two attached hydrogens (primary N) is 1. The molecule has 0 aromatic carbocycles. The molecule has 0 aromatic heterocycles. The number of amides is 3. The zero-order valence-corrected chi connectivity index (χ0v) is 9.34. The number of nitriles is 1. The van der Waals surface area contributed by atoms with E-state index in [1.54, 1.807) is 0 Å². The van der Waals surface area contributed by atoms with Gasteiger partial charge in [0.1, 0.15) is 6.04 Å². The topological polar surface area (TPSA) is 137 Å². The van der Waals surface area contributed by atoms with Crippen molar-refractivity contribution in [1.29, 1.82) is 5.26 Å². The molecule has 0 saturated heterocycles. The summed E-state index contributed by atoms with van der Waals surface area (Å²) in [5.74, 6) is -2.16. The molecule has 0 rings (SSSR count). The third-order valence-electron chi connectivity index (χ3n) is 1.91. The molecule has 17 heavy (non-hydrogen) atoms. The zero-order chi connectivity index (χ0) is 13.4. The molecule has 0 heterocycles. The molecule has 0 aromatic rings. The third-order valence-corrected chi connectivity index (χ3v) is 1.91. The quantitative estimate of drug-likeness (QED) is 0.541. The molecule has 94 valence electrons. The Labute approximate surface area is 98.0 Å². The highest BCUT2D eigenvalue weighted by Gasteiger charge is 2.23. The van der Waals surface area contributed by atoms with E-state index in [1.807, 2.05) is 6.07 Å². The van der Waals surface area contributed by atoms with Crippen LogP contribution in [-0.2, 0) is 9.59 Å². The van der Waals surface area contributed by atoms with Crippen molar-refractivity contribution < 1.29 is 19.5 Å². The van der Waals surface area contributed by atoms with E-state index in [9.17, 15) is 14.4 Å². The number of nitrogens with zero attached hydrogens (tertiary/aromatic N) is 2. The molecule has 0 unspecified atom stereocenters. The SMILES string of the molecule is CN(CCC#N)C(=O)N[C@H](CC(N)=O)C(=O)O. The molecule has 8 nitrogen and oxygen atoms in total. The van der Waals surface area contributed by atoms with E-state index >= 15 is 0 Å². The second-order valence-corrected chi connectivity index (χ2v) is 3.34. The first kappa shape index (κ1) is 14.7. The third kappa shape index (κ3) is 5.99. The molecule has 0 fully saturated rings. The number of urea groups is 1. The molecule has 3 amide bonds. The Hall–Kier alpha value is -2.30. The van der Waals surface area contributed by atoms with Crippen LogP contribution in [0.3, 0.4) is 0 Å². The van der Waals surface area contributed by atoms with Crippen LogP contribution in [0, 0.1) is 11.3 Å². The van der Waals surface area contributed by atoms with Crippen molar-refractivity contribution in [3.05, 3.63) is 0 Å². The number of rotatable bonds is 6. The van der Waals surface area contributed by atoms with Crippen LogP contribution >= 0.6 is 0 Å². The number of nitrogens with one attached hydrogen (secondary N) is 1. The summed E-state index contributed by atoms with van der Waals surface area (Å²) in [4.78, 5) is 33.9. The smallest absolute Gasteiger partial charge is 0.326 e. The summed E-state index contributed by atoms with van der Waals surface area (Å²) >= 11 is 0. The predicted octanol–water partition coefficient (Wildman–Crippen LogP) is -1.13. The summed E-state index contributed by atoms with van der Waals surface area (Å²) < 4.78 is 0. The van der Waals surface area contributed by atoms with Crippen LogP contribution in [0.25, 0.3) is 0 Å². The number of carboxylic acid groups (broad SMARTS) is 1. The van der Waals surface area contributed by atoms with Crippen molar-refractivity contribution in [2.45, 2.75) is 18.9 Å². The van der Waals surface area contributed by atoms with E-state index in [0.29, 0.717) is 0 Å². The van der Waals surface area contributed by atoms with Crippen LogP contribution in [-0.4, -0.2) is 47.5 Å². The van der Waals surface area contributed by atoms with Gasteiger partial charge in [-0.1, -0.05) is 0 Å². The van der Waals surface area contributed by atoms with Crippen molar-refractivity contribution in [2.24, 2.45) is 5.73 Å². The van der Waals surface area contributed by atoms with Crippen molar-refractivity contribution in [3.8, 4) is 6.07 Å².